The van der Waals surface area contributed by atoms with Crippen LogP contribution in [0.3, 0.4) is 0 Å². The number of hydrogen-bond donors (Lipinski definition) is 1. The zero-order chi connectivity index (χ0) is 23.0. The normalized spacial score (nSPS) is 16.0. The molecule has 1 aliphatic heterocycles. The van der Waals surface area contributed by atoms with Crippen molar-refractivity contribution in [2.75, 3.05) is 23.9 Å². The SMILES string of the molecule is COc1ncccc1C(=O)Nc1cnn2c1C(=O)N(c1ccc(C(F)(F)F)cc1)C[C@@H]2C. The van der Waals surface area contributed by atoms with Crippen molar-refractivity contribution >= 4 is 23.2 Å². The zero-order valence-electron chi connectivity index (χ0n) is 17.1. The predicted octanol–water partition coefficient (Wildman–Crippen LogP) is 3.78. The highest BCUT2D eigenvalue weighted by atomic mass is 19.4. The van der Waals surface area contributed by atoms with Gasteiger partial charge in [-0.25, -0.2) is 4.98 Å². The van der Waals surface area contributed by atoms with Crippen molar-refractivity contribution in [3.8, 4) is 5.88 Å². The fraction of sp³-hybridized carbons (Fsp3) is 0.238. The predicted molar refractivity (Wildman–Crippen MR) is 109 cm³/mol. The van der Waals surface area contributed by atoms with Crippen molar-refractivity contribution in [2.24, 2.45) is 0 Å². The number of methoxy groups -OCH3 is 1. The molecule has 8 nitrogen and oxygen atoms in total. The zero-order valence-corrected chi connectivity index (χ0v) is 17.1. The van der Waals surface area contributed by atoms with Crippen LogP contribution in [0.4, 0.5) is 24.5 Å². The Labute approximate surface area is 180 Å². The molecule has 1 aromatic carbocycles. The molecule has 0 aliphatic carbocycles. The van der Waals surface area contributed by atoms with E-state index < -0.39 is 23.6 Å². The number of benzene rings is 1. The van der Waals surface area contributed by atoms with Gasteiger partial charge in [0.2, 0.25) is 5.88 Å². The van der Waals surface area contributed by atoms with Crippen molar-refractivity contribution in [1.82, 2.24) is 14.8 Å². The van der Waals surface area contributed by atoms with Crippen LogP contribution in [0.2, 0.25) is 0 Å². The van der Waals surface area contributed by atoms with E-state index in [1.54, 1.807) is 6.07 Å². The maximum atomic E-state index is 13.2. The number of rotatable bonds is 4. The Bertz CT molecular complexity index is 1170. The molecule has 2 aromatic heterocycles. The monoisotopic (exact) mass is 445 g/mol. The first-order valence-electron chi connectivity index (χ1n) is 9.57. The third kappa shape index (κ3) is 3.77. The number of anilines is 2. The highest BCUT2D eigenvalue weighted by Crippen LogP contribution is 2.33. The van der Waals surface area contributed by atoms with E-state index in [1.807, 2.05) is 6.92 Å². The van der Waals surface area contributed by atoms with Gasteiger partial charge >= 0.3 is 6.18 Å². The van der Waals surface area contributed by atoms with E-state index in [1.165, 1.54) is 47.3 Å². The summed E-state index contributed by atoms with van der Waals surface area (Å²) in [5.74, 6) is -0.913. The van der Waals surface area contributed by atoms with Gasteiger partial charge in [-0.3, -0.25) is 14.3 Å². The number of hydrogen-bond acceptors (Lipinski definition) is 5. The Morgan fingerprint density at radius 3 is 2.59 bits per heavy atom. The number of carbonyl (C=O) groups is 2. The summed E-state index contributed by atoms with van der Waals surface area (Å²) in [6, 6.07) is 7.17. The number of carbonyl (C=O) groups excluding carboxylic acids is 2. The molecule has 2 amide bonds. The van der Waals surface area contributed by atoms with Crippen molar-refractivity contribution < 1.29 is 27.5 Å². The van der Waals surface area contributed by atoms with Crippen LogP contribution in [-0.2, 0) is 6.18 Å². The first-order chi connectivity index (χ1) is 15.2. The lowest BCUT2D eigenvalue weighted by Crippen LogP contribution is -2.43. The van der Waals surface area contributed by atoms with Crippen molar-refractivity contribution in [3.63, 3.8) is 0 Å². The lowest BCUT2D eigenvalue weighted by Gasteiger charge is -2.32. The molecule has 3 aromatic rings. The lowest BCUT2D eigenvalue weighted by atomic mass is 10.1. The third-order valence-corrected chi connectivity index (χ3v) is 5.07. The van der Waals surface area contributed by atoms with Crippen molar-refractivity contribution in [1.29, 1.82) is 0 Å². The lowest BCUT2D eigenvalue weighted by molar-refractivity contribution is -0.137. The van der Waals surface area contributed by atoms with E-state index in [4.69, 9.17) is 4.74 Å². The number of fused-ring (bicyclic) bond motifs is 1. The summed E-state index contributed by atoms with van der Waals surface area (Å²) in [7, 11) is 1.38. The van der Waals surface area contributed by atoms with Crippen LogP contribution >= 0.6 is 0 Å². The fourth-order valence-electron chi connectivity index (χ4n) is 3.52. The van der Waals surface area contributed by atoms with Crippen LogP contribution in [0.15, 0.2) is 48.8 Å². The smallest absolute Gasteiger partial charge is 0.416 e. The van der Waals surface area contributed by atoms with Crippen LogP contribution in [0.25, 0.3) is 0 Å². The average molecular weight is 445 g/mol. The number of nitrogens with one attached hydrogen (secondary N) is 1. The Balaban J connectivity index is 1.64. The summed E-state index contributed by atoms with van der Waals surface area (Å²) in [6.45, 7) is 2.03. The number of halogens is 3. The van der Waals surface area contributed by atoms with Gasteiger partial charge in [-0.1, -0.05) is 0 Å². The average Bonchev–Trinajstić information content (AvgIpc) is 3.20. The third-order valence-electron chi connectivity index (χ3n) is 5.07. The van der Waals surface area contributed by atoms with Gasteiger partial charge in [-0.2, -0.15) is 18.3 Å². The molecule has 166 valence electrons. The first kappa shape index (κ1) is 21.3. The number of nitrogens with zero attached hydrogens (tertiary/aromatic N) is 4. The van der Waals surface area contributed by atoms with E-state index >= 15 is 0 Å². The number of aromatic nitrogens is 3. The first-order valence-corrected chi connectivity index (χ1v) is 9.57. The van der Waals surface area contributed by atoms with E-state index in [2.05, 4.69) is 15.4 Å². The summed E-state index contributed by atoms with van der Waals surface area (Å²) in [4.78, 5) is 31.3. The molecule has 0 saturated heterocycles. The summed E-state index contributed by atoms with van der Waals surface area (Å²) < 4.78 is 45.2. The number of pyridine rings is 1. The highest BCUT2D eigenvalue weighted by Gasteiger charge is 2.35. The van der Waals surface area contributed by atoms with Crippen molar-refractivity contribution in [3.05, 3.63) is 65.6 Å². The molecule has 0 unspecified atom stereocenters. The summed E-state index contributed by atoms with van der Waals surface area (Å²) in [6.07, 6.45) is -1.63. The number of alkyl halides is 3. The molecule has 0 saturated carbocycles. The van der Waals surface area contributed by atoms with Gasteiger partial charge in [-0.05, 0) is 43.3 Å². The van der Waals surface area contributed by atoms with Gasteiger partial charge in [0.1, 0.15) is 5.56 Å². The Morgan fingerprint density at radius 1 is 1.22 bits per heavy atom. The van der Waals surface area contributed by atoms with Gasteiger partial charge in [0.25, 0.3) is 11.8 Å². The molecule has 0 spiro atoms. The topological polar surface area (TPSA) is 89.3 Å². The molecule has 1 aliphatic rings. The second-order valence-electron chi connectivity index (χ2n) is 7.18. The molecular formula is C21H18F3N5O3. The molecular weight excluding hydrogens is 427 g/mol. The van der Waals surface area contributed by atoms with Gasteiger partial charge in [0.05, 0.1) is 30.6 Å². The summed E-state index contributed by atoms with van der Waals surface area (Å²) >= 11 is 0. The molecule has 0 bridgehead atoms. The van der Waals surface area contributed by atoms with Crippen LogP contribution in [-0.4, -0.2) is 40.2 Å². The quantitative estimate of drug-likeness (QED) is 0.660. The van der Waals surface area contributed by atoms with Crippen LogP contribution in [0, 0.1) is 0 Å². The minimum atomic E-state index is -4.47. The Morgan fingerprint density at radius 2 is 1.94 bits per heavy atom. The van der Waals surface area contributed by atoms with E-state index in [9.17, 15) is 22.8 Å². The molecule has 1 atom stereocenters. The van der Waals surface area contributed by atoms with Gasteiger partial charge in [0.15, 0.2) is 5.69 Å². The molecule has 11 heteroatoms. The largest absolute Gasteiger partial charge is 0.480 e. The fourth-order valence-corrected chi connectivity index (χ4v) is 3.52. The van der Waals surface area contributed by atoms with E-state index in [0.29, 0.717) is 5.69 Å². The number of amides is 2. The molecule has 1 N–H and O–H groups in total. The molecule has 32 heavy (non-hydrogen) atoms. The molecule has 3 heterocycles. The minimum absolute atomic E-state index is 0.122. The second-order valence-corrected chi connectivity index (χ2v) is 7.18. The van der Waals surface area contributed by atoms with E-state index in [-0.39, 0.29) is 35.4 Å². The van der Waals surface area contributed by atoms with Crippen molar-refractivity contribution in [2.45, 2.75) is 19.1 Å². The maximum Gasteiger partial charge on any atom is 0.416 e. The minimum Gasteiger partial charge on any atom is -0.480 e. The molecule has 4 rings (SSSR count). The summed E-state index contributed by atoms with van der Waals surface area (Å²) in [5, 5.41) is 6.87. The highest BCUT2D eigenvalue weighted by molar-refractivity contribution is 6.13. The molecule has 0 radical (unpaired) electrons. The number of ether oxygens (including phenoxy) is 1. The summed E-state index contributed by atoms with van der Waals surface area (Å²) in [5.41, 5.74) is -0.0178. The van der Waals surface area contributed by atoms with Gasteiger partial charge < -0.3 is 15.0 Å². The Kier molecular flexibility index (Phi) is 5.33. The van der Waals surface area contributed by atoms with Gasteiger partial charge in [0, 0.05) is 18.4 Å². The van der Waals surface area contributed by atoms with Crippen LogP contribution < -0.4 is 15.0 Å². The van der Waals surface area contributed by atoms with Gasteiger partial charge in [-0.15, -0.1) is 0 Å². The van der Waals surface area contributed by atoms with E-state index in [0.717, 1.165) is 12.1 Å². The van der Waals surface area contributed by atoms with Crippen LogP contribution in [0.1, 0.15) is 39.4 Å². The second kappa shape index (κ2) is 7.98. The Hall–Kier alpha value is -3.89. The molecule has 0 fully saturated rings. The standard InChI is InChI=1S/C21H18F3N5O3/c1-12-11-28(14-7-5-13(6-8-14)21(22,23)24)20(31)17-16(10-26-29(12)17)27-18(30)15-4-3-9-25-19(15)32-2/h3-10,12H,11H2,1-2H3,(H,27,30)/t12-/m0/s1. The van der Waals surface area contributed by atoms with Crippen LogP contribution in [0.5, 0.6) is 5.88 Å². The maximum absolute atomic E-state index is 13.2.